The molecule has 0 fully saturated rings. The van der Waals surface area contributed by atoms with E-state index in [1.165, 1.54) is 24.3 Å². The molecule has 9 heteroatoms. The monoisotopic (exact) mass is 371 g/mol. The molecule has 2 aromatic rings. The molecular weight excluding hydrogens is 355 g/mol. The van der Waals surface area contributed by atoms with Crippen LogP contribution in [-0.4, -0.2) is 21.6 Å². The predicted octanol–water partition coefficient (Wildman–Crippen LogP) is 3.47. The van der Waals surface area contributed by atoms with Crippen LogP contribution in [0.5, 0.6) is 0 Å². The summed E-state index contributed by atoms with van der Waals surface area (Å²) in [5.41, 5.74) is -0.938. The summed E-state index contributed by atoms with van der Waals surface area (Å²) in [6, 6.07) is 6.13. The van der Waals surface area contributed by atoms with Gasteiger partial charge in [-0.05, 0) is 18.6 Å². The molecule has 25 heavy (non-hydrogen) atoms. The average molecular weight is 371 g/mol. The molecule has 5 nitrogen and oxygen atoms in total. The quantitative estimate of drug-likeness (QED) is 0.602. The Labute approximate surface area is 146 Å². The van der Waals surface area contributed by atoms with Crippen LogP contribution >= 0.6 is 11.8 Å². The Hall–Kier alpha value is -2.29. The number of carbonyl (C=O) groups is 1. The maximum atomic E-state index is 12.9. The first-order valence-corrected chi connectivity index (χ1v) is 8.47. The summed E-state index contributed by atoms with van der Waals surface area (Å²) in [6.45, 7) is 1.95. The number of nitrogens with zero attached hydrogens (tertiary/aromatic N) is 1. The summed E-state index contributed by atoms with van der Waals surface area (Å²) >= 11 is 0.955. The number of benzene rings is 1. The van der Waals surface area contributed by atoms with Crippen LogP contribution in [0.4, 0.5) is 18.9 Å². The number of thioether (sulfide) groups is 1. The van der Waals surface area contributed by atoms with Gasteiger partial charge in [0.1, 0.15) is 0 Å². The molecule has 2 N–H and O–H groups in total. The van der Waals surface area contributed by atoms with E-state index in [4.69, 9.17) is 0 Å². The fourth-order valence-electron chi connectivity index (χ4n) is 2.10. The van der Waals surface area contributed by atoms with E-state index in [1.54, 1.807) is 0 Å². The second-order valence-electron chi connectivity index (χ2n) is 5.17. The SMILES string of the molecule is CCCc1cc(=O)[nH]c(SCC(=O)Nc2ccccc2C(F)(F)F)n1. The maximum absolute atomic E-state index is 12.9. The molecule has 0 saturated carbocycles. The van der Waals surface area contributed by atoms with Crippen molar-refractivity contribution < 1.29 is 18.0 Å². The first-order valence-electron chi connectivity index (χ1n) is 7.48. The van der Waals surface area contributed by atoms with Gasteiger partial charge in [-0.2, -0.15) is 13.2 Å². The summed E-state index contributed by atoms with van der Waals surface area (Å²) in [7, 11) is 0. The molecule has 0 radical (unpaired) electrons. The predicted molar refractivity (Wildman–Crippen MR) is 89.7 cm³/mol. The molecule has 1 aromatic carbocycles. The second kappa shape index (κ2) is 8.19. The minimum atomic E-state index is -4.56. The molecule has 0 spiro atoms. The Balaban J connectivity index is 2.04. The molecule has 0 unspecified atom stereocenters. The van der Waals surface area contributed by atoms with Gasteiger partial charge in [-0.25, -0.2) is 4.98 Å². The molecule has 0 atom stereocenters. The van der Waals surface area contributed by atoms with Crippen LogP contribution in [0.25, 0.3) is 0 Å². The molecule has 1 aromatic heterocycles. The lowest BCUT2D eigenvalue weighted by atomic mass is 10.1. The highest BCUT2D eigenvalue weighted by atomic mass is 32.2. The van der Waals surface area contributed by atoms with Crippen molar-refractivity contribution in [3.05, 3.63) is 51.9 Å². The summed E-state index contributed by atoms with van der Waals surface area (Å²) in [5.74, 6) is -0.796. The van der Waals surface area contributed by atoms with E-state index in [9.17, 15) is 22.8 Å². The zero-order valence-electron chi connectivity index (χ0n) is 13.3. The van der Waals surface area contributed by atoms with E-state index in [0.29, 0.717) is 12.1 Å². The first-order chi connectivity index (χ1) is 11.8. The minimum Gasteiger partial charge on any atom is -0.325 e. The molecule has 0 aliphatic carbocycles. The number of hydrogen-bond acceptors (Lipinski definition) is 4. The second-order valence-corrected chi connectivity index (χ2v) is 6.14. The van der Waals surface area contributed by atoms with Crippen molar-refractivity contribution in [1.82, 2.24) is 9.97 Å². The highest BCUT2D eigenvalue weighted by Crippen LogP contribution is 2.34. The molecule has 0 saturated heterocycles. The molecule has 2 rings (SSSR count). The lowest BCUT2D eigenvalue weighted by molar-refractivity contribution is -0.137. The lowest BCUT2D eigenvalue weighted by Crippen LogP contribution is -2.18. The summed E-state index contributed by atoms with van der Waals surface area (Å²) in [6.07, 6.45) is -3.11. The van der Waals surface area contributed by atoms with Crippen LogP contribution in [0.2, 0.25) is 0 Å². The lowest BCUT2D eigenvalue weighted by Gasteiger charge is -2.13. The Morgan fingerprint density at radius 2 is 2.04 bits per heavy atom. The molecule has 1 amide bonds. The highest BCUT2D eigenvalue weighted by molar-refractivity contribution is 7.99. The van der Waals surface area contributed by atoms with Gasteiger partial charge < -0.3 is 10.3 Å². The average Bonchev–Trinajstić information content (AvgIpc) is 2.52. The van der Waals surface area contributed by atoms with Crippen molar-refractivity contribution in [2.24, 2.45) is 0 Å². The summed E-state index contributed by atoms with van der Waals surface area (Å²) in [5, 5.41) is 2.50. The Morgan fingerprint density at radius 1 is 1.32 bits per heavy atom. The van der Waals surface area contributed by atoms with Gasteiger partial charge in [-0.1, -0.05) is 37.2 Å². The first kappa shape index (κ1) is 19.0. The van der Waals surface area contributed by atoms with E-state index in [-0.39, 0.29) is 22.2 Å². The van der Waals surface area contributed by atoms with Crippen LogP contribution < -0.4 is 10.9 Å². The van der Waals surface area contributed by atoms with Gasteiger partial charge in [0.15, 0.2) is 5.16 Å². The number of aromatic amines is 1. The smallest absolute Gasteiger partial charge is 0.325 e. The zero-order valence-corrected chi connectivity index (χ0v) is 14.1. The molecule has 134 valence electrons. The van der Waals surface area contributed by atoms with Gasteiger partial charge in [-0.3, -0.25) is 9.59 Å². The largest absolute Gasteiger partial charge is 0.418 e. The number of para-hydroxylation sites is 1. The van der Waals surface area contributed by atoms with Gasteiger partial charge >= 0.3 is 6.18 Å². The maximum Gasteiger partial charge on any atom is 0.418 e. The Kier molecular flexibility index (Phi) is 6.24. The summed E-state index contributed by atoms with van der Waals surface area (Å²) in [4.78, 5) is 30.2. The van der Waals surface area contributed by atoms with Crippen molar-refractivity contribution >= 4 is 23.4 Å². The summed E-state index contributed by atoms with van der Waals surface area (Å²) < 4.78 is 38.7. The van der Waals surface area contributed by atoms with E-state index in [1.807, 2.05) is 6.92 Å². The van der Waals surface area contributed by atoms with Gasteiger partial charge in [0.2, 0.25) is 5.91 Å². The topological polar surface area (TPSA) is 74.8 Å². The van der Waals surface area contributed by atoms with E-state index < -0.39 is 17.6 Å². The van der Waals surface area contributed by atoms with Crippen molar-refractivity contribution in [2.45, 2.75) is 31.1 Å². The van der Waals surface area contributed by atoms with Crippen molar-refractivity contribution in [1.29, 1.82) is 0 Å². The van der Waals surface area contributed by atoms with E-state index in [2.05, 4.69) is 15.3 Å². The normalized spacial score (nSPS) is 11.4. The third-order valence-electron chi connectivity index (χ3n) is 3.13. The standard InChI is InChI=1S/C16H16F3N3O2S/c1-2-5-10-8-13(23)22-15(20-10)25-9-14(24)21-12-7-4-3-6-11(12)16(17,18)19/h3-4,6-8H,2,5,9H2,1H3,(H,21,24)(H,20,22,23). The van der Waals surface area contributed by atoms with E-state index in [0.717, 1.165) is 24.2 Å². The molecule has 0 bridgehead atoms. The number of carbonyl (C=O) groups excluding carboxylic acids is 1. The molecule has 0 aliphatic rings. The molecule has 0 aliphatic heterocycles. The fraction of sp³-hybridized carbons (Fsp3) is 0.312. The zero-order chi connectivity index (χ0) is 18.4. The van der Waals surface area contributed by atoms with Crippen LogP contribution in [0.1, 0.15) is 24.6 Å². The third-order valence-corrected chi connectivity index (χ3v) is 4.00. The Morgan fingerprint density at radius 3 is 2.72 bits per heavy atom. The van der Waals surface area contributed by atoms with Crippen molar-refractivity contribution in [3.8, 4) is 0 Å². The number of hydrogen-bond donors (Lipinski definition) is 2. The van der Waals surface area contributed by atoms with Crippen molar-refractivity contribution in [2.75, 3.05) is 11.1 Å². The number of rotatable bonds is 6. The van der Waals surface area contributed by atoms with Crippen LogP contribution in [0.3, 0.4) is 0 Å². The number of anilines is 1. The van der Waals surface area contributed by atoms with Gasteiger partial charge in [0.05, 0.1) is 17.0 Å². The van der Waals surface area contributed by atoms with Gasteiger partial charge in [0, 0.05) is 11.8 Å². The van der Waals surface area contributed by atoms with Crippen LogP contribution in [-0.2, 0) is 17.4 Å². The van der Waals surface area contributed by atoms with Crippen LogP contribution in [0, 0.1) is 0 Å². The number of aromatic nitrogens is 2. The Bertz CT molecular complexity index is 806. The molecule has 1 heterocycles. The number of nitrogens with one attached hydrogen (secondary N) is 2. The number of halogens is 3. The minimum absolute atomic E-state index is 0.176. The van der Waals surface area contributed by atoms with E-state index >= 15 is 0 Å². The fourth-order valence-corrected chi connectivity index (χ4v) is 2.79. The number of amides is 1. The number of H-pyrrole nitrogens is 1. The van der Waals surface area contributed by atoms with Crippen molar-refractivity contribution in [3.63, 3.8) is 0 Å². The van der Waals surface area contributed by atoms with Gasteiger partial charge in [0.25, 0.3) is 5.56 Å². The number of aryl methyl sites for hydroxylation is 1. The third kappa shape index (κ3) is 5.63. The van der Waals surface area contributed by atoms with Crippen LogP contribution in [0.15, 0.2) is 40.3 Å². The number of alkyl halides is 3. The molecular formula is C16H16F3N3O2S. The van der Waals surface area contributed by atoms with Gasteiger partial charge in [-0.15, -0.1) is 0 Å². The highest BCUT2D eigenvalue weighted by Gasteiger charge is 2.33.